The Morgan fingerprint density at radius 1 is 0.957 bits per heavy atom. The van der Waals surface area contributed by atoms with Crippen LogP contribution in [0.1, 0.15) is 47.0 Å². The van der Waals surface area contributed by atoms with E-state index in [2.05, 4.69) is 0 Å². The van der Waals surface area contributed by atoms with Crippen LogP contribution >= 0.6 is 0 Å². The lowest BCUT2D eigenvalue weighted by atomic mass is 9.79. The summed E-state index contributed by atoms with van der Waals surface area (Å²) in [7, 11) is 0. The van der Waals surface area contributed by atoms with Gasteiger partial charge in [-0.25, -0.2) is 4.79 Å². The van der Waals surface area contributed by atoms with Crippen LogP contribution in [0.4, 0.5) is 0 Å². The van der Waals surface area contributed by atoms with Crippen molar-refractivity contribution >= 4 is 17.9 Å². The number of nitrogens with zero attached hydrogens (tertiary/aromatic N) is 2. The van der Waals surface area contributed by atoms with Crippen molar-refractivity contribution in [3.8, 4) is 0 Å². The third-order valence-electron chi connectivity index (χ3n) is 4.37. The first-order valence-corrected chi connectivity index (χ1v) is 7.58. The van der Waals surface area contributed by atoms with Gasteiger partial charge in [0.2, 0.25) is 0 Å². The summed E-state index contributed by atoms with van der Waals surface area (Å²) in [6.07, 6.45) is 1.14. The Hall–Kier alpha value is -1.67. The zero-order chi connectivity index (χ0) is 18.0. The summed E-state index contributed by atoms with van der Waals surface area (Å²) >= 11 is 0. The molecule has 0 spiro atoms. The molecule has 0 aromatic carbocycles. The Morgan fingerprint density at radius 3 is 1.65 bits per heavy atom. The minimum atomic E-state index is -1.31. The van der Waals surface area contributed by atoms with Crippen LogP contribution < -0.4 is 0 Å². The van der Waals surface area contributed by atoms with E-state index in [9.17, 15) is 19.5 Å². The molecular formula is C15H26N2O6. The molecule has 1 aliphatic rings. The van der Waals surface area contributed by atoms with Crippen LogP contribution in [0.5, 0.6) is 0 Å². The van der Waals surface area contributed by atoms with E-state index in [-0.39, 0.29) is 0 Å². The molecule has 8 heteroatoms. The van der Waals surface area contributed by atoms with Crippen molar-refractivity contribution < 1.29 is 29.7 Å². The molecular weight excluding hydrogens is 304 g/mol. The van der Waals surface area contributed by atoms with Gasteiger partial charge in [0.05, 0.1) is 13.1 Å². The van der Waals surface area contributed by atoms with Gasteiger partial charge in [-0.05, 0) is 47.0 Å². The van der Waals surface area contributed by atoms with Crippen LogP contribution in [0.3, 0.4) is 0 Å². The molecule has 0 aliphatic carbocycles. The third-order valence-corrected chi connectivity index (χ3v) is 4.37. The number of rotatable bonds is 7. The van der Waals surface area contributed by atoms with Crippen molar-refractivity contribution in [2.24, 2.45) is 0 Å². The van der Waals surface area contributed by atoms with Crippen LogP contribution in [-0.2, 0) is 14.4 Å². The largest absolute Gasteiger partial charge is 0.480 e. The zero-order valence-electron chi connectivity index (χ0n) is 14.1. The highest BCUT2D eigenvalue weighted by atomic mass is 16.4. The second-order valence-electron chi connectivity index (χ2n) is 7.25. The molecule has 0 radical (unpaired) electrons. The molecule has 0 amide bonds. The SMILES string of the molecule is CC1(C)CCCC(C)(C)N1C(C(=O)O)N(CC(=O)O)CC(=O)O. The highest BCUT2D eigenvalue weighted by molar-refractivity contribution is 5.78. The van der Waals surface area contributed by atoms with Gasteiger partial charge in [0.15, 0.2) is 6.17 Å². The molecule has 0 aromatic heterocycles. The van der Waals surface area contributed by atoms with Crippen molar-refractivity contribution in [2.75, 3.05) is 13.1 Å². The number of hydrogen-bond acceptors (Lipinski definition) is 5. The quantitative estimate of drug-likeness (QED) is 0.630. The molecule has 1 fully saturated rings. The number of likely N-dealkylation sites (tertiary alicyclic amines) is 1. The first-order valence-electron chi connectivity index (χ1n) is 7.58. The van der Waals surface area contributed by atoms with Gasteiger partial charge in [-0.15, -0.1) is 0 Å². The van der Waals surface area contributed by atoms with Gasteiger partial charge in [-0.2, -0.15) is 0 Å². The Kier molecular flexibility index (Phi) is 5.76. The van der Waals surface area contributed by atoms with Crippen molar-refractivity contribution in [1.29, 1.82) is 0 Å². The summed E-state index contributed by atoms with van der Waals surface area (Å²) < 4.78 is 0. The predicted octanol–water partition coefficient (Wildman–Crippen LogP) is 0.911. The standard InChI is InChI=1S/C15H26N2O6/c1-14(2)6-5-7-15(3,4)17(14)12(13(22)23)16(8-10(18)19)9-11(20)21/h12H,5-9H2,1-4H3,(H,18,19)(H,20,21)(H,22,23). The molecule has 23 heavy (non-hydrogen) atoms. The predicted molar refractivity (Wildman–Crippen MR) is 82.1 cm³/mol. The Bertz CT molecular complexity index is 456. The number of aliphatic carboxylic acids is 3. The van der Waals surface area contributed by atoms with E-state index in [1.54, 1.807) is 4.90 Å². The molecule has 1 atom stereocenters. The summed E-state index contributed by atoms with van der Waals surface area (Å²) in [6.45, 7) is 6.33. The van der Waals surface area contributed by atoms with E-state index in [1.165, 1.54) is 0 Å². The molecule has 1 rings (SSSR count). The maximum absolute atomic E-state index is 11.9. The average molecular weight is 330 g/mol. The number of hydrogen-bond donors (Lipinski definition) is 3. The normalized spacial score (nSPS) is 21.8. The van der Waals surface area contributed by atoms with Crippen molar-refractivity contribution in [1.82, 2.24) is 9.80 Å². The summed E-state index contributed by atoms with van der Waals surface area (Å²) in [5.41, 5.74) is -0.972. The van der Waals surface area contributed by atoms with Crippen molar-refractivity contribution in [2.45, 2.75) is 64.2 Å². The summed E-state index contributed by atoms with van der Waals surface area (Å²) in [4.78, 5) is 36.8. The van der Waals surface area contributed by atoms with Gasteiger partial charge >= 0.3 is 17.9 Å². The number of carboxylic acid groups (broad SMARTS) is 3. The minimum Gasteiger partial charge on any atom is -0.480 e. The van der Waals surface area contributed by atoms with E-state index >= 15 is 0 Å². The average Bonchev–Trinajstić information content (AvgIpc) is 2.30. The lowest BCUT2D eigenvalue weighted by Gasteiger charge is -2.56. The van der Waals surface area contributed by atoms with Gasteiger partial charge in [0.25, 0.3) is 0 Å². The first kappa shape index (κ1) is 19.4. The van der Waals surface area contributed by atoms with Gasteiger partial charge in [-0.3, -0.25) is 19.4 Å². The fourth-order valence-electron chi connectivity index (χ4n) is 3.68. The number of carboxylic acids is 3. The van der Waals surface area contributed by atoms with Crippen LogP contribution in [-0.4, -0.2) is 73.4 Å². The van der Waals surface area contributed by atoms with E-state index in [0.717, 1.165) is 24.2 Å². The molecule has 1 heterocycles. The fourth-order valence-corrected chi connectivity index (χ4v) is 3.68. The maximum Gasteiger partial charge on any atom is 0.336 e. The lowest BCUT2D eigenvalue weighted by molar-refractivity contribution is -0.175. The van der Waals surface area contributed by atoms with E-state index in [4.69, 9.17) is 10.2 Å². The molecule has 132 valence electrons. The third kappa shape index (κ3) is 4.65. The smallest absolute Gasteiger partial charge is 0.336 e. The van der Waals surface area contributed by atoms with Crippen LogP contribution in [0.2, 0.25) is 0 Å². The lowest BCUT2D eigenvalue weighted by Crippen LogP contribution is -2.69. The van der Waals surface area contributed by atoms with Gasteiger partial charge < -0.3 is 15.3 Å². The van der Waals surface area contributed by atoms with Crippen LogP contribution in [0.25, 0.3) is 0 Å². The van der Waals surface area contributed by atoms with Crippen LogP contribution in [0, 0.1) is 0 Å². The maximum atomic E-state index is 11.9. The topological polar surface area (TPSA) is 118 Å². The summed E-state index contributed by atoms with van der Waals surface area (Å²) in [6, 6.07) is 0. The summed E-state index contributed by atoms with van der Waals surface area (Å²) in [5.74, 6) is -3.76. The van der Waals surface area contributed by atoms with Crippen LogP contribution in [0.15, 0.2) is 0 Å². The van der Waals surface area contributed by atoms with Crippen molar-refractivity contribution in [3.05, 3.63) is 0 Å². The Balaban J connectivity index is 3.31. The van der Waals surface area contributed by atoms with Gasteiger partial charge in [0, 0.05) is 11.1 Å². The second-order valence-corrected chi connectivity index (χ2v) is 7.25. The fraction of sp³-hybridized carbons (Fsp3) is 0.800. The molecule has 1 unspecified atom stereocenters. The van der Waals surface area contributed by atoms with Gasteiger partial charge in [-0.1, -0.05) is 0 Å². The van der Waals surface area contributed by atoms with Gasteiger partial charge in [0.1, 0.15) is 0 Å². The molecule has 3 N–H and O–H groups in total. The van der Waals surface area contributed by atoms with E-state index in [0.29, 0.717) is 0 Å². The highest BCUT2D eigenvalue weighted by Crippen LogP contribution is 2.40. The minimum absolute atomic E-state index is 0.486. The number of carbonyl (C=O) groups is 3. The first-order chi connectivity index (χ1) is 10.4. The second kappa shape index (κ2) is 6.84. The zero-order valence-corrected chi connectivity index (χ0v) is 14.1. The molecule has 8 nitrogen and oxygen atoms in total. The Morgan fingerprint density at radius 2 is 1.35 bits per heavy atom. The molecule has 0 saturated carbocycles. The molecule has 0 bridgehead atoms. The highest BCUT2D eigenvalue weighted by Gasteiger charge is 2.49. The van der Waals surface area contributed by atoms with Crippen molar-refractivity contribution in [3.63, 3.8) is 0 Å². The number of piperidine rings is 1. The Labute approximate surface area is 135 Å². The molecule has 1 aliphatic heterocycles. The monoisotopic (exact) mass is 330 g/mol. The summed E-state index contributed by atoms with van der Waals surface area (Å²) in [5, 5.41) is 27.8. The molecule has 1 saturated heterocycles. The van der Waals surface area contributed by atoms with E-state index < -0.39 is 48.2 Å². The van der Waals surface area contributed by atoms with E-state index in [1.807, 2.05) is 27.7 Å². The molecule has 0 aromatic rings.